The Morgan fingerprint density at radius 1 is 1.11 bits per heavy atom. The number of alkyl carbamates (subject to hydrolysis) is 1. The van der Waals surface area contributed by atoms with Crippen molar-refractivity contribution in [2.24, 2.45) is 0 Å². The minimum atomic E-state index is -1.80. The molecule has 0 fully saturated rings. The standard InChI is InChI=1S/C8H10Cl3NO6/c1-16-5(13)4(6(14)17-2)12-7(15)18-3-8(9,10)11/h4H,3H2,1-2H3,(H,12,15). The van der Waals surface area contributed by atoms with Crippen molar-refractivity contribution in [2.45, 2.75) is 9.83 Å². The molecule has 0 aliphatic carbocycles. The lowest BCUT2D eigenvalue weighted by Crippen LogP contribution is -2.48. The Kier molecular flexibility index (Phi) is 7.12. The quantitative estimate of drug-likeness (QED) is 0.356. The molecule has 0 atom stereocenters. The van der Waals surface area contributed by atoms with Crippen LogP contribution in [0.1, 0.15) is 0 Å². The lowest BCUT2D eigenvalue weighted by Gasteiger charge is -2.15. The van der Waals surface area contributed by atoms with Crippen LogP contribution in [-0.4, -0.2) is 48.7 Å². The number of esters is 2. The fourth-order valence-corrected chi connectivity index (χ4v) is 0.920. The van der Waals surface area contributed by atoms with E-state index < -0.39 is 34.5 Å². The molecule has 0 unspecified atom stereocenters. The highest BCUT2D eigenvalue weighted by Crippen LogP contribution is 2.25. The maximum absolute atomic E-state index is 11.2. The van der Waals surface area contributed by atoms with E-state index in [0.717, 1.165) is 14.2 Å². The van der Waals surface area contributed by atoms with E-state index in [1.807, 2.05) is 5.32 Å². The zero-order valence-corrected chi connectivity index (χ0v) is 11.6. The Hall–Kier alpha value is -0.920. The predicted octanol–water partition coefficient (Wildman–Crippen LogP) is 0.797. The first-order valence-corrected chi connectivity index (χ1v) is 5.50. The summed E-state index contributed by atoms with van der Waals surface area (Å²) in [6.07, 6.45) is -1.14. The molecule has 0 spiro atoms. The minimum absolute atomic E-state index is 0.557. The van der Waals surface area contributed by atoms with Gasteiger partial charge in [0.05, 0.1) is 14.2 Å². The average Bonchev–Trinajstić information content (AvgIpc) is 2.30. The second kappa shape index (κ2) is 7.50. The summed E-state index contributed by atoms with van der Waals surface area (Å²) in [5.41, 5.74) is 0. The molecule has 10 heteroatoms. The van der Waals surface area contributed by atoms with E-state index in [1.165, 1.54) is 0 Å². The summed E-state index contributed by atoms with van der Waals surface area (Å²) in [5, 5.41) is 1.90. The van der Waals surface area contributed by atoms with Gasteiger partial charge in [0.1, 0.15) is 6.61 Å². The first kappa shape index (κ1) is 17.1. The van der Waals surface area contributed by atoms with Gasteiger partial charge in [-0.05, 0) is 0 Å². The van der Waals surface area contributed by atoms with E-state index in [0.29, 0.717) is 0 Å². The number of halogens is 3. The highest BCUT2D eigenvalue weighted by atomic mass is 35.6. The Balaban J connectivity index is 4.46. The number of ether oxygens (including phenoxy) is 3. The van der Waals surface area contributed by atoms with Gasteiger partial charge >= 0.3 is 18.0 Å². The molecule has 18 heavy (non-hydrogen) atoms. The van der Waals surface area contributed by atoms with Crippen LogP contribution in [0.5, 0.6) is 0 Å². The zero-order chi connectivity index (χ0) is 14.3. The van der Waals surface area contributed by atoms with Gasteiger partial charge in [0, 0.05) is 0 Å². The molecule has 0 bridgehead atoms. The normalized spacial score (nSPS) is 10.8. The molecule has 1 amide bonds. The third kappa shape index (κ3) is 6.73. The van der Waals surface area contributed by atoms with E-state index in [1.54, 1.807) is 0 Å². The molecule has 0 radical (unpaired) electrons. The lowest BCUT2D eigenvalue weighted by atomic mass is 10.3. The molecular formula is C8H10Cl3NO6. The van der Waals surface area contributed by atoms with Gasteiger partial charge in [0.15, 0.2) is 0 Å². The predicted molar refractivity (Wildman–Crippen MR) is 62.6 cm³/mol. The largest absolute Gasteiger partial charge is 0.467 e. The second-order valence-electron chi connectivity index (χ2n) is 2.81. The number of amides is 1. The number of nitrogens with one attached hydrogen (secondary N) is 1. The molecule has 0 aromatic rings. The van der Waals surface area contributed by atoms with Crippen LogP contribution in [0.3, 0.4) is 0 Å². The van der Waals surface area contributed by atoms with Crippen LogP contribution in [-0.2, 0) is 23.8 Å². The van der Waals surface area contributed by atoms with Crippen LogP contribution in [0, 0.1) is 0 Å². The Labute approximate surface area is 118 Å². The van der Waals surface area contributed by atoms with Gasteiger partial charge in [0.2, 0.25) is 9.83 Å². The van der Waals surface area contributed by atoms with Crippen LogP contribution in [0.4, 0.5) is 4.79 Å². The third-order valence-corrected chi connectivity index (χ3v) is 1.83. The molecule has 0 aliphatic rings. The Bertz CT molecular complexity index is 313. The van der Waals surface area contributed by atoms with Crippen molar-refractivity contribution in [1.29, 1.82) is 0 Å². The van der Waals surface area contributed by atoms with E-state index in [2.05, 4.69) is 14.2 Å². The first-order chi connectivity index (χ1) is 8.21. The SMILES string of the molecule is COC(=O)C(NC(=O)OCC(Cl)(Cl)Cl)C(=O)OC. The molecule has 0 aromatic carbocycles. The number of hydrogen-bond acceptors (Lipinski definition) is 6. The molecule has 7 nitrogen and oxygen atoms in total. The molecule has 0 saturated heterocycles. The van der Waals surface area contributed by atoms with Gasteiger partial charge in [-0.1, -0.05) is 34.8 Å². The molecular weight excluding hydrogens is 312 g/mol. The van der Waals surface area contributed by atoms with Crippen molar-refractivity contribution < 1.29 is 28.6 Å². The molecule has 1 N–H and O–H groups in total. The molecule has 0 rings (SSSR count). The van der Waals surface area contributed by atoms with Crippen LogP contribution in [0.25, 0.3) is 0 Å². The van der Waals surface area contributed by atoms with Crippen molar-refractivity contribution in [3.8, 4) is 0 Å². The van der Waals surface area contributed by atoms with Crippen molar-refractivity contribution in [3.63, 3.8) is 0 Å². The average molecular weight is 323 g/mol. The number of alkyl halides is 3. The third-order valence-electron chi connectivity index (χ3n) is 1.50. The summed E-state index contributed by atoms with van der Waals surface area (Å²) >= 11 is 16.0. The summed E-state index contributed by atoms with van der Waals surface area (Å²) in [4.78, 5) is 33.6. The minimum Gasteiger partial charge on any atom is -0.467 e. The second-order valence-corrected chi connectivity index (χ2v) is 5.33. The van der Waals surface area contributed by atoms with Gasteiger partial charge in [-0.25, -0.2) is 14.4 Å². The van der Waals surface area contributed by atoms with Gasteiger partial charge in [0.25, 0.3) is 0 Å². The fourth-order valence-electron chi connectivity index (χ4n) is 0.757. The van der Waals surface area contributed by atoms with Crippen LogP contribution in [0.15, 0.2) is 0 Å². The number of rotatable bonds is 4. The summed E-state index contributed by atoms with van der Waals surface area (Å²) in [7, 11) is 2.07. The zero-order valence-electron chi connectivity index (χ0n) is 9.37. The number of carbonyl (C=O) groups excluding carboxylic acids is 3. The maximum Gasteiger partial charge on any atom is 0.408 e. The van der Waals surface area contributed by atoms with Gasteiger partial charge in [-0.15, -0.1) is 0 Å². The number of hydrogen-bond donors (Lipinski definition) is 1. The highest BCUT2D eigenvalue weighted by molar-refractivity contribution is 6.67. The lowest BCUT2D eigenvalue weighted by molar-refractivity contribution is -0.155. The van der Waals surface area contributed by atoms with Crippen LogP contribution >= 0.6 is 34.8 Å². The summed E-state index contributed by atoms with van der Waals surface area (Å²) in [6, 6.07) is -1.65. The van der Waals surface area contributed by atoms with Crippen LogP contribution < -0.4 is 5.32 Å². The summed E-state index contributed by atoms with van der Waals surface area (Å²) in [6.45, 7) is -0.557. The van der Waals surface area contributed by atoms with E-state index in [9.17, 15) is 14.4 Å². The molecule has 0 heterocycles. The highest BCUT2D eigenvalue weighted by Gasteiger charge is 2.32. The van der Waals surface area contributed by atoms with Crippen molar-refractivity contribution in [3.05, 3.63) is 0 Å². The van der Waals surface area contributed by atoms with Gasteiger partial charge in [-0.3, -0.25) is 5.32 Å². The van der Waals surface area contributed by atoms with Gasteiger partial charge < -0.3 is 14.2 Å². The van der Waals surface area contributed by atoms with Crippen LogP contribution in [0.2, 0.25) is 0 Å². The monoisotopic (exact) mass is 321 g/mol. The maximum atomic E-state index is 11.2. The number of methoxy groups -OCH3 is 2. The summed E-state index contributed by atoms with van der Waals surface area (Å²) < 4.78 is 11.2. The van der Waals surface area contributed by atoms with E-state index in [-0.39, 0.29) is 0 Å². The van der Waals surface area contributed by atoms with E-state index in [4.69, 9.17) is 34.8 Å². The van der Waals surface area contributed by atoms with Crippen molar-refractivity contribution >= 4 is 52.8 Å². The Morgan fingerprint density at radius 2 is 1.56 bits per heavy atom. The Morgan fingerprint density at radius 3 is 1.89 bits per heavy atom. The number of carbonyl (C=O) groups is 3. The van der Waals surface area contributed by atoms with E-state index >= 15 is 0 Å². The topological polar surface area (TPSA) is 90.9 Å². The molecule has 0 aliphatic heterocycles. The first-order valence-electron chi connectivity index (χ1n) is 4.37. The molecule has 104 valence electrons. The molecule has 0 saturated carbocycles. The smallest absolute Gasteiger partial charge is 0.408 e. The fraction of sp³-hybridized carbons (Fsp3) is 0.625. The van der Waals surface area contributed by atoms with Crippen molar-refractivity contribution in [1.82, 2.24) is 5.32 Å². The summed E-state index contributed by atoms with van der Waals surface area (Å²) in [5.74, 6) is -2.04. The van der Waals surface area contributed by atoms with Crippen molar-refractivity contribution in [2.75, 3.05) is 20.8 Å². The van der Waals surface area contributed by atoms with Gasteiger partial charge in [-0.2, -0.15) is 0 Å². The molecule has 0 aromatic heterocycles.